The third-order valence-electron chi connectivity index (χ3n) is 6.37. The smallest absolute Gasteiger partial charge is 0.266 e. The fourth-order valence-corrected chi connectivity index (χ4v) is 5.26. The Bertz CT molecular complexity index is 1420. The Morgan fingerprint density at radius 2 is 1.97 bits per heavy atom. The van der Waals surface area contributed by atoms with Gasteiger partial charge in [-0.3, -0.25) is 9.78 Å². The molecule has 2 unspecified atom stereocenters. The highest BCUT2D eigenvalue weighted by atomic mass is 79.9. The maximum Gasteiger partial charge on any atom is 0.266 e. The summed E-state index contributed by atoms with van der Waals surface area (Å²) in [6.07, 6.45) is 8.73. The van der Waals surface area contributed by atoms with Crippen molar-refractivity contribution in [2.75, 3.05) is 6.61 Å². The van der Waals surface area contributed by atoms with Crippen molar-refractivity contribution < 1.29 is 13.9 Å². The molecule has 1 N–H and O–H groups in total. The van der Waals surface area contributed by atoms with E-state index in [4.69, 9.17) is 14.3 Å². The molecule has 2 atom stereocenters. The lowest BCUT2D eigenvalue weighted by atomic mass is 9.93. The molecule has 5 heterocycles. The Morgan fingerprint density at radius 3 is 2.81 bits per heavy atom. The normalized spacial score (nSPS) is 19.9. The van der Waals surface area contributed by atoms with Crippen molar-refractivity contribution in [1.29, 1.82) is 0 Å². The number of carbonyl (C=O) groups is 1. The van der Waals surface area contributed by atoms with Crippen molar-refractivity contribution in [3.8, 4) is 11.6 Å². The highest BCUT2D eigenvalue weighted by Gasteiger charge is 2.31. The van der Waals surface area contributed by atoms with Crippen LogP contribution in [0, 0.1) is 0 Å². The van der Waals surface area contributed by atoms with Gasteiger partial charge in [-0.1, -0.05) is 24.3 Å². The van der Waals surface area contributed by atoms with E-state index in [0.717, 1.165) is 40.7 Å². The van der Waals surface area contributed by atoms with E-state index in [2.05, 4.69) is 36.4 Å². The summed E-state index contributed by atoms with van der Waals surface area (Å²) in [5.74, 6) is 0.603. The molecule has 0 spiro atoms. The Morgan fingerprint density at radius 1 is 1.08 bits per heavy atom. The Labute approximate surface area is 215 Å². The molecule has 1 fully saturated rings. The molecule has 0 radical (unpaired) electrons. The van der Waals surface area contributed by atoms with E-state index in [1.165, 1.54) is 0 Å². The zero-order valence-electron chi connectivity index (χ0n) is 19.3. The molecule has 1 aromatic carbocycles. The highest BCUT2D eigenvalue weighted by molar-refractivity contribution is 9.10. The largest absolute Gasteiger partial charge is 0.415 e. The second kappa shape index (κ2) is 9.79. The van der Waals surface area contributed by atoms with Crippen molar-refractivity contribution in [3.05, 3.63) is 81.5 Å². The molecule has 6 rings (SSSR count). The molecule has 0 aliphatic carbocycles. The predicted molar refractivity (Wildman–Crippen MR) is 136 cm³/mol. The van der Waals surface area contributed by atoms with Crippen LogP contribution in [0.15, 0.2) is 57.6 Å². The fourth-order valence-electron chi connectivity index (χ4n) is 4.59. The van der Waals surface area contributed by atoms with Crippen LogP contribution in [0.3, 0.4) is 0 Å². The number of nitrogens with zero attached hydrogens (tertiary/aromatic N) is 5. The van der Waals surface area contributed by atoms with Crippen molar-refractivity contribution in [3.63, 3.8) is 0 Å². The van der Waals surface area contributed by atoms with Gasteiger partial charge in [-0.2, -0.15) is 5.10 Å². The first-order chi connectivity index (χ1) is 17.7. The summed E-state index contributed by atoms with van der Waals surface area (Å²) in [5, 5.41) is 16.3. The molecule has 4 aromatic rings. The van der Waals surface area contributed by atoms with Crippen LogP contribution in [0.5, 0.6) is 0 Å². The molecular weight excluding hydrogens is 524 g/mol. The number of nitrogens with one attached hydrogen (secondary N) is 1. The van der Waals surface area contributed by atoms with Crippen LogP contribution in [-0.2, 0) is 11.2 Å². The summed E-state index contributed by atoms with van der Waals surface area (Å²) < 4.78 is 14.5. The minimum Gasteiger partial charge on any atom is -0.415 e. The second-order valence-electron chi connectivity index (χ2n) is 8.73. The maximum atomic E-state index is 12.8. The van der Waals surface area contributed by atoms with E-state index in [-0.39, 0.29) is 18.2 Å². The number of pyridine rings is 1. The average molecular weight is 547 g/mol. The van der Waals surface area contributed by atoms with Crippen LogP contribution in [0.2, 0.25) is 0 Å². The summed E-state index contributed by atoms with van der Waals surface area (Å²) in [7, 11) is 0. The van der Waals surface area contributed by atoms with Gasteiger partial charge < -0.3 is 14.5 Å². The Kier molecular flexibility index (Phi) is 6.20. The molecule has 3 aromatic heterocycles. The summed E-state index contributed by atoms with van der Waals surface area (Å²) in [5.41, 5.74) is 3.89. The highest BCUT2D eigenvalue weighted by Crippen LogP contribution is 2.36. The zero-order chi connectivity index (χ0) is 24.5. The molecule has 2 aliphatic rings. The van der Waals surface area contributed by atoms with Crippen LogP contribution >= 0.6 is 15.9 Å². The number of aromatic nitrogens is 5. The molecular formula is C26H23BrN6O3. The Hall–Kier alpha value is -3.63. The molecule has 10 heteroatoms. The number of rotatable bonds is 5. The SMILES string of the molecule is O=C1NC(c2nn(C3CCCCO3)c(/C=C/c3nnc(-c4ccccn4)o3)c2Br)Cc2ccccc21. The van der Waals surface area contributed by atoms with Crippen molar-refractivity contribution >= 4 is 34.0 Å². The monoisotopic (exact) mass is 546 g/mol. The first-order valence-corrected chi connectivity index (χ1v) is 12.7. The minimum absolute atomic E-state index is 0.0952. The number of hydrogen-bond acceptors (Lipinski definition) is 7. The van der Waals surface area contributed by atoms with Gasteiger partial charge >= 0.3 is 0 Å². The number of carbonyl (C=O) groups excluding carboxylic acids is 1. The summed E-state index contributed by atoms with van der Waals surface area (Å²) >= 11 is 3.76. The summed E-state index contributed by atoms with van der Waals surface area (Å²) in [6, 6.07) is 12.9. The molecule has 1 amide bonds. The molecule has 182 valence electrons. The van der Waals surface area contributed by atoms with E-state index >= 15 is 0 Å². The van der Waals surface area contributed by atoms with Gasteiger partial charge in [-0.25, -0.2) is 4.68 Å². The third-order valence-corrected chi connectivity index (χ3v) is 7.18. The maximum absolute atomic E-state index is 12.8. The van der Waals surface area contributed by atoms with Crippen LogP contribution in [0.1, 0.15) is 64.7 Å². The first kappa shape index (κ1) is 22.8. The van der Waals surface area contributed by atoms with Crippen LogP contribution in [-0.4, -0.2) is 37.5 Å². The number of halogens is 1. The van der Waals surface area contributed by atoms with Crippen molar-refractivity contribution in [2.24, 2.45) is 0 Å². The summed E-state index contributed by atoms with van der Waals surface area (Å²) in [6.45, 7) is 0.686. The van der Waals surface area contributed by atoms with Gasteiger partial charge in [0, 0.05) is 24.4 Å². The van der Waals surface area contributed by atoms with E-state index in [0.29, 0.717) is 36.1 Å². The number of amides is 1. The van der Waals surface area contributed by atoms with Crippen molar-refractivity contribution in [2.45, 2.75) is 38.0 Å². The van der Waals surface area contributed by atoms with E-state index in [1.807, 2.05) is 53.2 Å². The van der Waals surface area contributed by atoms with Gasteiger partial charge in [-0.15, -0.1) is 10.2 Å². The third kappa shape index (κ3) is 4.38. The van der Waals surface area contributed by atoms with Gasteiger partial charge in [-0.05, 0) is 71.5 Å². The lowest BCUT2D eigenvalue weighted by molar-refractivity contribution is -0.0401. The average Bonchev–Trinajstić information content (AvgIpc) is 3.53. The lowest BCUT2D eigenvalue weighted by Gasteiger charge is -2.25. The fraction of sp³-hybridized carbons (Fsp3) is 0.269. The van der Waals surface area contributed by atoms with Crippen LogP contribution in [0.25, 0.3) is 23.7 Å². The lowest BCUT2D eigenvalue weighted by Crippen LogP contribution is -2.35. The molecule has 9 nitrogen and oxygen atoms in total. The molecule has 0 bridgehead atoms. The molecule has 0 saturated carbocycles. The molecule has 1 saturated heterocycles. The van der Waals surface area contributed by atoms with Gasteiger partial charge in [0.1, 0.15) is 11.4 Å². The van der Waals surface area contributed by atoms with Gasteiger partial charge in [0.25, 0.3) is 11.8 Å². The first-order valence-electron chi connectivity index (χ1n) is 11.9. The van der Waals surface area contributed by atoms with Gasteiger partial charge in [0.05, 0.1) is 16.2 Å². The Balaban J connectivity index is 1.34. The minimum atomic E-state index is -0.266. The van der Waals surface area contributed by atoms with Gasteiger partial charge in [0.15, 0.2) is 6.23 Å². The standard InChI is InChI=1S/C26H23BrN6O3/c27-23-20(11-12-21-30-31-26(36-21)18-9-3-5-13-28-18)33(22-10-4-6-14-35-22)32-24(23)19-15-16-7-1-2-8-17(16)25(34)29-19/h1-3,5,7-9,11-13,19,22H,4,6,10,14-15H2,(H,29,34)/b12-11+. The van der Waals surface area contributed by atoms with Gasteiger partial charge in [0.2, 0.25) is 5.89 Å². The quantitative estimate of drug-likeness (QED) is 0.375. The second-order valence-corrected chi connectivity index (χ2v) is 9.52. The topological polar surface area (TPSA) is 108 Å². The number of hydrogen-bond donors (Lipinski definition) is 1. The van der Waals surface area contributed by atoms with E-state index in [9.17, 15) is 4.79 Å². The predicted octanol–water partition coefficient (Wildman–Crippen LogP) is 4.99. The van der Waals surface area contributed by atoms with E-state index in [1.54, 1.807) is 12.3 Å². The number of fused-ring (bicyclic) bond motifs is 1. The van der Waals surface area contributed by atoms with Crippen molar-refractivity contribution in [1.82, 2.24) is 30.3 Å². The number of ether oxygens (including phenoxy) is 1. The van der Waals surface area contributed by atoms with Crippen LogP contribution < -0.4 is 5.32 Å². The molecule has 2 aliphatic heterocycles. The molecule has 36 heavy (non-hydrogen) atoms. The summed E-state index contributed by atoms with van der Waals surface area (Å²) in [4.78, 5) is 17.0. The zero-order valence-corrected chi connectivity index (χ0v) is 20.9. The number of benzene rings is 1. The van der Waals surface area contributed by atoms with Crippen LogP contribution in [0.4, 0.5) is 0 Å². The van der Waals surface area contributed by atoms with E-state index < -0.39 is 0 Å².